The van der Waals surface area contributed by atoms with Crippen LogP contribution in [0.15, 0.2) is 31.6 Å². The molecule has 0 bridgehead atoms. The molecule has 2 aromatic rings. The van der Waals surface area contributed by atoms with E-state index >= 15 is 0 Å². The van der Waals surface area contributed by atoms with Crippen LogP contribution >= 0.6 is 24.7 Å². The van der Waals surface area contributed by atoms with Crippen LogP contribution in [0.4, 0.5) is 0 Å². The first-order chi connectivity index (χ1) is 23.6. The lowest BCUT2D eigenvalue weighted by Crippen LogP contribution is -2.50. The number of aliphatic hydroxyl groups excluding tert-OH is 1. The highest BCUT2D eigenvalue weighted by atomic mass is 32.9. The van der Waals surface area contributed by atoms with Crippen LogP contribution in [0, 0.1) is 13.8 Å². The highest BCUT2D eigenvalue weighted by Gasteiger charge is 2.51. The van der Waals surface area contributed by atoms with Crippen molar-refractivity contribution in [3.05, 3.63) is 65.2 Å². The summed E-state index contributed by atoms with van der Waals surface area (Å²) in [5.41, 5.74) is -4.65. The number of hydrogen-bond acceptors (Lipinski definition) is 13. The van der Waals surface area contributed by atoms with Crippen molar-refractivity contribution < 1.29 is 32.7 Å². The molecule has 3 N–H and O–H groups in total. The standard InChI is InChI=1S/C29H44N6O11P2S2/c1-18-11-34(27(39)30-25(18)37)23-10-21(46-48(49)43-17-29(50-48)8-6-5-7-9-29)22(45-23)16-42-47(41,32(3)4)33-13-20(15-36)44-24(14-33)35-12-19(2)26(38)31-28(35)40/h11-12,20-24,36H,5-10,13-17H2,1-4H3,(H,30,37,39)(H,31,38,40)/t20-,21-,22?,23?,24?,47?,48?/m0/s1. The number of H-pyrrole nitrogens is 2. The van der Waals surface area contributed by atoms with E-state index in [4.69, 9.17) is 34.9 Å². The van der Waals surface area contributed by atoms with Gasteiger partial charge in [-0.05, 0) is 52.6 Å². The van der Waals surface area contributed by atoms with Crippen molar-refractivity contribution in [2.24, 2.45) is 0 Å². The van der Waals surface area contributed by atoms with Gasteiger partial charge in [0.15, 0.2) is 6.23 Å². The molecule has 1 spiro atoms. The van der Waals surface area contributed by atoms with E-state index in [1.54, 1.807) is 39.3 Å². The molecule has 3 saturated heterocycles. The van der Waals surface area contributed by atoms with Crippen molar-refractivity contribution in [2.45, 2.75) is 87.9 Å². The molecule has 6 rings (SSSR count). The van der Waals surface area contributed by atoms with Gasteiger partial charge in [0.25, 0.3) is 11.1 Å². The SMILES string of the molecule is Cc1cn(C2C[C@H](OP3(=S)OCC4(CCCCC4)S3)C(COP(=O)(N(C)C)N3CC(n4cc(C)c(=O)[nH]c4=O)O[C@H](CO)C3)O2)c(=O)[nH]c1=O. The molecule has 21 heteroatoms. The van der Waals surface area contributed by atoms with Crippen molar-refractivity contribution >= 4 is 36.6 Å². The smallest absolute Gasteiger partial charge is 0.345 e. The van der Waals surface area contributed by atoms with Gasteiger partial charge in [-0.3, -0.25) is 33.3 Å². The second-order valence-electron chi connectivity index (χ2n) is 13.4. The van der Waals surface area contributed by atoms with E-state index in [-0.39, 0.29) is 36.4 Å². The van der Waals surface area contributed by atoms with Crippen LogP contribution in [0.3, 0.4) is 0 Å². The van der Waals surface area contributed by atoms with Gasteiger partial charge in [0.05, 0.1) is 38.6 Å². The zero-order valence-corrected chi connectivity index (χ0v) is 31.8. The van der Waals surface area contributed by atoms with Gasteiger partial charge in [-0.1, -0.05) is 30.6 Å². The molecule has 2 aromatic heterocycles. The Morgan fingerprint density at radius 1 is 1.02 bits per heavy atom. The number of morpholine rings is 1. The molecule has 1 saturated carbocycles. The first-order valence-electron chi connectivity index (χ1n) is 16.5. The van der Waals surface area contributed by atoms with Crippen molar-refractivity contribution in [3.63, 3.8) is 0 Å². The predicted molar refractivity (Wildman–Crippen MR) is 189 cm³/mol. The number of ether oxygens (including phenoxy) is 2. The minimum absolute atomic E-state index is 0.00698. The molecule has 278 valence electrons. The van der Waals surface area contributed by atoms with E-state index in [2.05, 4.69) is 9.97 Å². The molecule has 3 aliphatic heterocycles. The normalized spacial score (nSPS) is 31.4. The third-order valence-electron chi connectivity index (χ3n) is 9.52. The van der Waals surface area contributed by atoms with Crippen LogP contribution in [0.1, 0.15) is 62.1 Å². The first-order valence-corrected chi connectivity index (χ1v) is 22.1. The summed E-state index contributed by atoms with van der Waals surface area (Å²) in [6, 6.07) is 0. The van der Waals surface area contributed by atoms with Gasteiger partial charge in [0, 0.05) is 41.2 Å². The number of hydrogen-bond donors (Lipinski definition) is 3. The largest absolute Gasteiger partial charge is 0.394 e. The fourth-order valence-electron chi connectivity index (χ4n) is 6.75. The maximum atomic E-state index is 14.8. The molecule has 50 heavy (non-hydrogen) atoms. The summed E-state index contributed by atoms with van der Waals surface area (Å²) in [6.45, 7) is 2.88. The van der Waals surface area contributed by atoms with E-state index in [1.165, 1.54) is 37.3 Å². The van der Waals surface area contributed by atoms with E-state index in [1.807, 2.05) is 0 Å². The summed E-state index contributed by atoms with van der Waals surface area (Å²) in [5.74, 6) is 0. The van der Waals surface area contributed by atoms with E-state index in [9.17, 15) is 28.8 Å². The summed E-state index contributed by atoms with van der Waals surface area (Å²) >= 11 is 7.60. The summed E-state index contributed by atoms with van der Waals surface area (Å²) in [7, 11) is -0.734. The quantitative estimate of drug-likeness (QED) is 0.296. The van der Waals surface area contributed by atoms with Crippen LogP contribution < -0.4 is 22.5 Å². The minimum atomic E-state index is -3.90. The van der Waals surface area contributed by atoms with Gasteiger partial charge in [-0.25, -0.2) is 18.9 Å². The molecule has 17 nitrogen and oxygen atoms in total. The van der Waals surface area contributed by atoms with Crippen LogP contribution in [0.5, 0.6) is 0 Å². The number of nitrogens with zero attached hydrogens (tertiary/aromatic N) is 4. The maximum absolute atomic E-state index is 14.8. The third kappa shape index (κ3) is 7.80. The Labute approximate surface area is 297 Å². The van der Waals surface area contributed by atoms with Gasteiger partial charge in [0.1, 0.15) is 12.3 Å². The molecule has 0 amide bonds. The van der Waals surface area contributed by atoms with E-state index < -0.39 is 73.2 Å². The van der Waals surface area contributed by atoms with Crippen molar-refractivity contribution in [1.82, 2.24) is 28.4 Å². The third-order valence-corrected chi connectivity index (χ3v) is 17.8. The fourth-order valence-corrected chi connectivity index (χ4v) is 15.8. The number of nitrogens with one attached hydrogen (secondary N) is 2. The Hall–Kier alpha value is -1.73. The zero-order chi connectivity index (χ0) is 36.0. The molecule has 4 aliphatic rings. The molecule has 0 aromatic carbocycles. The molecule has 0 radical (unpaired) electrons. The number of aryl methyl sites for hydroxylation is 2. The zero-order valence-electron chi connectivity index (χ0n) is 28.3. The molecule has 4 fully saturated rings. The summed E-state index contributed by atoms with van der Waals surface area (Å²) in [6.07, 6.45) is 4.07. The first kappa shape index (κ1) is 38.0. The monoisotopic (exact) mass is 778 g/mol. The fraction of sp³-hybridized carbons (Fsp3) is 0.724. The Bertz CT molecular complexity index is 1910. The Morgan fingerprint density at radius 2 is 1.64 bits per heavy atom. The summed E-state index contributed by atoms with van der Waals surface area (Å²) in [5, 5.41) is 10.1. The van der Waals surface area contributed by atoms with Crippen LogP contribution in [0.2, 0.25) is 0 Å². The molecule has 7 atom stereocenters. The van der Waals surface area contributed by atoms with Crippen LogP contribution in [-0.2, 0) is 39.4 Å². The highest BCUT2D eigenvalue weighted by Crippen LogP contribution is 2.74. The van der Waals surface area contributed by atoms with E-state index in [0.29, 0.717) is 12.2 Å². The van der Waals surface area contributed by atoms with Gasteiger partial charge in [-0.2, -0.15) is 0 Å². The molecule has 5 unspecified atom stereocenters. The van der Waals surface area contributed by atoms with Crippen molar-refractivity contribution in [2.75, 3.05) is 47.0 Å². The topological polar surface area (TPSA) is 200 Å². The van der Waals surface area contributed by atoms with Gasteiger partial charge >= 0.3 is 19.0 Å². The van der Waals surface area contributed by atoms with Crippen LogP contribution in [-0.4, -0.2) is 104 Å². The van der Waals surface area contributed by atoms with Gasteiger partial charge < -0.3 is 28.2 Å². The summed E-state index contributed by atoms with van der Waals surface area (Å²) < 4.78 is 51.5. The average Bonchev–Trinajstić information content (AvgIpc) is 3.62. The summed E-state index contributed by atoms with van der Waals surface area (Å²) in [4.78, 5) is 54.3. The number of aromatic nitrogens is 4. The Kier molecular flexibility index (Phi) is 11.4. The number of aromatic amines is 2. The maximum Gasteiger partial charge on any atom is 0.345 e. The molecular formula is C29H44N6O11P2S2. The molecule has 1 aliphatic carbocycles. The van der Waals surface area contributed by atoms with Crippen molar-refractivity contribution in [3.8, 4) is 0 Å². The lowest BCUT2D eigenvalue weighted by Gasteiger charge is -2.42. The molecule has 5 heterocycles. The minimum Gasteiger partial charge on any atom is -0.394 e. The highest BCUT2D eigenvalue weighted by molar-refractivity contribution is 8.68. The number of aliphatic hydroxyl groups is 1. The molecular weight excluding hydrogens is 734 g/mol. The van der Waals surface area contributed by atoms with E-state index in [0.717, 1.165) is 25.7 Å². The van der Waals surface area contributed by atoms with Gasteiger partial charge in [-0.15, -0.1) is 0 Å². The second kappa shape index (κ2) is 15.0. The average molecular weight is 779 g/mol. The van der Waals surface area contributed by atoms with Crippen LogP contribution in [0.25, 0.3) is 0 Å². The Balaban J connectivity index is 1.26. The second-order valence-corrected chi connectivity index (χ2v) is 22.6. The Morgan fingerprint density at radius 3 is 2.24 bits per heavy atom. The number of rotatable bonds is 10. The van der Waals surface area contributed by atoms with Crippen molar-refractivity contribution in [1.29, 1.82) is 0 Å². The predicted octanol–water partition coefficient (Wildman–Crippen LogP) is 1.95. The lowest BCUT2D eigenvalue weighted by atomic mass is 9.89. The lowest BCUT2D eigenvalue weighted by molar-refractivity contribution is -0.123. The van der Waals surface area contributed by atoms with Gasteiger partial charge in [0.2, 0.25) is 5.69 Å².